The summed E-state index contributed by atoms with van der Waals surface area (Å²) in [7, 11) is 0. The van der Waals surface area contributed by atoms with Gasteiger partial charge >= 0.3 is 0 Å². The van der Waals surface area contributed by atoms with Gasteiger partial charge in [-0.1, -0.05) is 32.0 Å². The standard InChI is InChI=1S/C15H19Cl2NO/c1-9(2)11-7-5-6-10(3)12(11)18-13(19)14(4)8-15(14,16)17/h5-7,9H,8H2,1-4H3,(H,18,19). The molecule has 0 saturated heterocycles. The second-order valence-electron chi connectivity index (χ2n) is 5.86. The molecule has 1 atom stereocenters. The number of hydrogen-bond acceptors (Lipinski definition) is 1. The van der Waals surface area contributed by atoms with Gasteiger partial charge in [0.15, 0.2) is 0 Å². The number of halogens is 2. The molecule has 1 N–H and O–H groups in total. The van der Waals surface area contributed by atoms with Gasteiger partial charge in [-0.3, -0.25) is 4.79 Å². The largest absolute Gasteiger partial charge is 0.325 e. The topological polar surface area (TPSA) is 29.1 Å². The molecule has 1 aromatic rings. The van der Waals surface area contributed by atoms with Crippen molar-refractivity contribution >= 4 is 34.8 Å². The van der Waals surface area contributed by atoms with Crippen molar-refractivity contribution in [2.75, 3.05) is 5.32 Å². The zero-order chi connectivity index (χ0) is 14.4. The van der Waals surface area contributed by atoms with E-state index in [4.69, 9.17) is 23.2 Å². The highest BCUT2D eigenvalue weighted by atomic mass is 35.5. The van der Waals surface area contributed by atoms with Crippen LogP contribution in [0.25, 0.3) is 0 Å². The Hall–Kier alpha value is -0.730. The van der Waals surface area contributed by atoms with E-state index in [1.807, 2.05) is 25.1 Å². The summed E-state index contributed by atoms with van der Waals surface area (Å²) in [4.78, 5) is 12.4. The minimum Gasteiger partial charge on any atom is -0.325 e. The molecule has 1 unspecified atom stereocenters. The van der Waals surface area contributed by atoms with Crippen LogP contribution in [0.2, 0.25) is 0 Å². The summed E-state index contributed by atoms with van der Waals surface area (Å²) >= 11 is 12.1. The molecule has 1 fully saturated rings. The molecule has 1 saturated carbocycles. The molecule has 104 valence electrons. The van der Waals surface area contributed by atoms with Crippen LogP contribution in [0.1, 0.15) is 44.2 Å². The van der Waals surface area contributed by atoms with E-state index in [1.165, 1.54) is 0 Å². The Morgan fingerprint density at radius 2 is 1.95 bits per heavy atom. The molecular weight excluding hydrogens is 281 g/mol. The average molecular weight is 300 g/mol. The molecule has 2 nitrogen and oxygen atoms in total. The van der Waals surface area contributed by atoms with Crippen molar-refractivity contribution in [1.29, 1.82) is 0 Å². The minimum atomic E-state index is -0.933. The molecule has 1 amide bonds. The van der Waals surface area contributed by atoms with E-state index in [1.54, 1.807) is 6.92 Å². The van der Waals surface area contributed by atoms with Gasteiger partial charge in [-0.2, -0.15) is 0 Å². The van der Waals surface area contributed by atoms with Gasteiger partial charge in [0.1, 0.15) is 4.33 Å². The van der Waals surface area contributed by atoms with E-state index in [2.05, 4.69) is 19.2 Å². The van der Waals surface area contributed by atoms with Crippen LogP contribution in [-0.2, 0) is 4.79 Å². The molecule has 19 heavy (non-hydrogen) atoms. The van der Waals surface area contributed by atoms with Crippen molar-refractivity contribution in [2.45, 2.75) is 44.4 Å². The van der Waals surface area contributed by atoms with Crippen LogP contribution < -0.4 is 5.32 Å². The summed E-state index contributed by atoms with van der Waals surface area (Å²) in [5, 5.41) is 3.01. The SMILES string of the molecule is Cc1cccc(C(C)C)c1NC(=O)C1(C)CC1(Cl)Cl. The van der Waals surface area contributed by atoms with Crippen molar-refractivity contribution < 1.29 is 4.79 Å². The molecular formula is C15H19Cl2NO. The first-order valence-corrected chi connectivity index (χ1v) is 7.23. The third-order valence-corrected chi connectivity index (χ3v) is 5.03. The number of hydrogen-bond donors (Lipinski definition) is 1. The Morgan fingerprint density at radius 1 is 1.37 bits per heavy atom. The molecule has 2 rings (SSSR count). The summed E-state index contributed by atoms with van der Waals surface area (Å²) in [6.45, 7) is 8.01. The number of alkyl halides is 2. The lowest BCUT2D eigenvalue weighted by Gasteiger charge is -2.19. The number of anilines is 1. The molecule has 1 aliphatic carbocycles. The van der Waals surface area contributed by atoms with E-state index in [0.717, 1.165) is 16.8 Å². The molecule has 1 aliphatic rings. The normalized spacial score (nSPS) is 24.4. The molecule has 4 heteroatoms. The van der Waals surface area contributed by atoms with Crippen LogP contribution in [0.4, 0.5) is 5.69 Å². The molecule has 0 aliphatic heterocycles. The van der Waals surface area contributed by atoms with E-state index in [9.17, 15) is 4.79 Å². The molecule has 0 spiro atoms. The zero-order valence-corrected chi connectivity index (χ0v) is 13.2. The van der Waals surface area contributed by atoms with Gasteiger partial charge in [-0.25, -0.2) is 0 Å². The maximum Gasteiger partial charge on any atom is 0.233 e. The Morgan fingerprint density at radius 3 is 2.42 bits per heavy atom. The van der Waals surface area contributed by atoms with Crippen molar-refractivity contribution in [1.82, 2.24) is 0 Å². The first-order valence-electron chi connectivity index (χ1n) is 6.48. The van der Waals surface area contributed by atoms with Crippen molar-refractivity contribution in [3.05, 3.63) is 29.3 Å². The lowest BCUT2D eigenvalue weighted by Crippen LogP contribution is -2.27. The molecule has 0 heterocycles. The fourth-order valence-corrected chi connectivity index (χ4v) is 2.95. The Balaban J connectivity index is 2.28. The quantitative estimate of drug-likeness (QED) is 0.809. The highest BCUT2D eigenvalue weighted by Gasteiger charge is 2.67. The Bertz CT molecular complexity index is 525. The van der Waals surface area contributed by atoms with Gasteiger partial charge < -0.3 is 5.32 Å². The van der Waals surface area contributed by atoms with Crippen LogP contribution in [0.15, 0.2) is 18.2 Å². The van der Waals surface area contributed by atoms with Crippen LogP contribution in [0, 0.1) is 12.3 Å². The fourth-order valence-electron chi connectivity index (χ4n) is 2.24. The van der Waals surface area contributed by atoms with Crippen molar-refractivity contribution in [3.63, 3.8) is 0 Å². The third-order valence-electron chi connectivity index (χ3n) is 3.92. The Kier molecular flexibility index (Phi) is 3.61. The van der Waals surface area contributed by atoms with Gasteiger partial charge in [0.2, 0.25) is 5.91 Å². The summed E-state index contributed by atoms with van der Waals surface area (Å²) in [6.07, 6.45) is 0.498. The number of carbonyl (C=O) groups excluding carboxylic acids is 1. The zero-order valence-electron chi connectivity index (χ0n) is 11.7. The van der Waals surface area contributed by atoms with Crippen molar-refractivity contribution in [2.24, 2.45) is 5.41 Å². The highest BCUT2D eigenvalue weighted by molar-refractivity contribution is 6.53. The van der Waals surface area contributed by atoms with Crippen LogP contribution >= 0.6 is 23.2 Å². The number of benzene rings is 1. The number of nitrogens with one attached hydrogen (secondary N) is 1. The lowest BCUT2D eigenvalue weighted by atomic mass is 9.97. The fraction of sp³-hybridized carbons (Fsp3) is 0.533. The monoisotopic (exact) mass is 299 g/mol. The highest BCUT2D eigenvalue weighted by Crippen LogP contribution is 2.64. The maximum atomic E-state index is 12.4. The lowest BCUT2D eigenvalue weighted by molar-refractivity contribution is -0.120. The second-order valence-corrected chi connectivity index (χ2v) is 7.35. The predicted octanol–water partition coefficient (Wildman–Crippen LogP) is 4.64. The summed E-state index contributed by atoms with van der Waals surface area (Å²) < 4.78 is -0.933. The third kappa shape index (κ3) is 2.48. The Labute approximate surface area is 124 Å². The maximum absolute atomic E-state index is 12.4. The van der Waals surface area contributed by atoms with E-state index in [0.29, 0.717) is 12.3 Å². The van der Waals surface area contributed by atoms with Gasteiger partial charge in [0.25, 0.3) is 0 Å². The average Bonchev–Trinajstić information content (AvgIpc) is 2.82. The van der Waals surface area contributed by atoms with Crippen LogP contribution in [0.3, 0.4) is 0 Å². The first kappa shape index (κ1) is 14.7. The minimum absolute atomic E-state index is 0.103. The van der Waals surface area contributed by atoms with Crippen LogP contribution in [-0.4, -0.2) is 10.2 Å². The van der Waals surface area contributed by atoms with Gasteiger partial charge in [-0.05, 0) is 37.3 Å². The number of rotatable bonds is 3. The van der Waals surface area contributed by atoms with Gasteiger partial charge in [-0.15, -0.1) is 23.2 Å². The number of carbonyl (C=O) groups is 1. The number of aryl methyl sites for hydroxylation is 1. The number of amides is 1. The molecule has 0 aromatic heterocycles. The predicted molar refractivity (Wildman–Crippen MR) is 81.1 cm³/mol. The summed E-state index contributed by atoms with van der Waals surface area (Å²) in [5.74, 6) is 0.243. The second kappa shape index (κ2) is 4.68. The first-order chi connectivity index (χ1) is 8.69. The molecule has 0 bridgehead atoms. The van der Waals surface area contributed by atoms with E-state index < -0.39 is 9.75 Å². The molecule has 0 radical (unpaired) electrons. The summed E-state index contributed by atoms with van der Waals surface area (Å²) in [5.41, 5.74) is 2.39. The summed E-state index contributed by atoms with van der Waals surface area (Å²) in [6, 6.07) is 6.04. The van der Waals surface area contributed by atoms with E-state index >= 15 is 0 Å². The van der Waals surface area contributed by atoms with Gasteiger partial charge in [0.05, 0.1) is 5.41 Å². The smallest absolute Gasteiger partial charge is 0.233 e. The van der Waals surface area contributed by atoms with Crippen molar-refractivity contribution in [3.8, 4) is 0 Å². The van der Waals surface area contributed by atoms with Crippen LogP contribution in [0.5, 0.6) is 0 Å². The van der Waals surface area contributed by atoms with E-state index in [-0.39, 0.29) is 5.91 Å². The van der Waals surface area contributed by atoms with Gasteiger partial charge in [0, 0.05) is 5.69 Å². The molecule has 1 aromatic carbocycles. The number of para-hydroxylation sites is 1.